The zero-order valence-electron chi connectivity index (χ0n) is 28.3. The van der Waals surface area contributed by atoms with Crippen LogP contribution in [-0.2, 0) is 30.3 Å². The minimum absolute atomic E-state index is 0.0294. The molecular formula is C37H56N2O7. The second-order valence-corrected chi connectivity index (χ2v) is 14.7. The zero-order valence-corrected chi connectivity index (χ0v) is 28.3. The lowest BCUT2D eigenvalue weighted by atomic mass is 9.61. The number of benzene rings is 1. The van der Waals surface area contributed by atoms with Crippen molar-refractivity contribution in [3.63, 3.8) is 0 Å². The van der Waals surface area contributed by atoms with E-state index < -0.39 is 17.1 Å². The van der Waals surface area contributed by atoms with Gasteiger partial charge in [-0.1, -0.05) is 51.5 Å². The summed E-state index contributed by atoms with van der Waals surface area (Å²) in [5.74, 6) is -0.0791. The van der Waals surface area contributed by atoms with Crippen molar-refractivity contribution in [1.82, 2.24) is 10.6 Å². The van der Waals surface area contributed by atoms with E-state index in [0.717, 1.165) is 102 Å². The van der Waals surface area contributed by atoms with Gasteiger partial charge < -0.3 is 30.0 Å². The number of hydrogen-bond donors (Lipinski definition) is 3. The molecule has 256 valence electrons. The van der Waals surface area contributed by atoms with Gasteiger partial charge in [-0.3, -0.25) is 9.59 Å². The number of amides is 1. The Morgan fingerprint density at radius 2 is 1.76 bits per heavy atom. The molecule has 9 heteroatoms. The van der Waals surface area contributed by atoms with Crippen molar-refractivity contribution in [2.45, 2.75) is 141 Å². The molecule has 1 amide bonds. The number of carbonyl (C=O) groups excluding carboxylic acids is 3. The van der Waals surface area contributed by atoms with Crippen LogP contribution in [0.1, 0.15) is 122 Å². The minimum Gasteiger partial charge on any atom is -0.504 e. The average molecular weight is 641 g/mol. The number of piperidine rings is 2. The molecule has 1 aromatic carbocycles. The van der Waals surface area contributed by atoms with Gasteiger partial charge in [0.25, 0.3) is 0 Å². The van der Waals surface area contributed by atoms with Crippen molar-refractivity contribution >= 4 is 17.8 Å². The summed E-state index contributed by atoms with van der Waals surface area (Å²) in [5, 5.41) is 17.1. The van der Waals surface area contributed by atoms with Gasteiger partial charge in [-0.2, -0.15) is 0 Å². The van der Waals surface area contributed by atoms with Gasteiger partial charge in [0.2, 0.25) is 5.91 Å². The number of hydrogen-bond acceptors (Lipinski definition) is 8. The molecule has 2 heterocycles. The molecule has 2 aliphatic carbocycles. The first-order valence-electron chi connectivity index (χ1n) is 17.9. The van der Waals surface area contributed by atoms with Crippen LogP contribution in [0, 0.1) is 16.7 Å². The van der Waals surface area contributed by atoms with Crippen molar-refractivity contribution < 1.29 is 33.7 Å². The molecule has 2 saturated carbocycles. The van der Waals surface area contributed by atoms with Gasteiger partial charge in [0, 0.05) is 24.2 Å². The number of phenols is 1. The third-order valence-corrected chi connectivity index (χ3v) is 11.7. The maximum Gasteiger partial charge on any atom is 0.332 e. The number of phenolic OH excluding ortho intramolecular Hbond substituents is 1. The molecule has 1 spiro atoms. The summed E-state index contributed by atoms with van der Waals surface area (Å²) in [4.78, 5) is 40.8. The van der Waals surface area contributed by atoms with Crippen LogP contribution in [0.2, 0.25) is 0 Å². The van der Waals surface area contributed by atoms with Crippen LogP contribution in [0.15, 0.2) is 18.2 Å². The number of fused-ring (bicyclic) bond motifs is 1. The molecule has 9 nitrogen and oxygen atoms in total. The number of nitrogens with one attached hydrogen (secondary N) is 2. The summed E-state index contributed by atoms with van der Waals surface area (Å²) in [6.45, 7) is 5.13. The first-order chi connectivity index (χ1) is 22.1. The maximum atomic E-state index is 14.7. The van der Waals surface area contributed by atoms with E-state index in [4.69, 9.17) is 14.2 Å². The topological polar surface area (TPSA) is 123 Å². The fourth-order valence-electron chi connectivity index (χ4n) is 9.14. The van der Waals surface area contributed by atoms with E-state index in [1.165, 1.54) is 14.0 Å². The molecule has 3 N–H and O–H groups in total. The molecule has 0 unspecified atom stereocenters. The third kappa shape index (κ3) is 7.34. The fraction of sp³-hybridized carbons (Fsp3) is 0.757. The van der Waals surface area contributed by atoms with Crippen LogP contribution < -0.4 is 15.4 Å². The number of rotatable bonds is 13. The van der Waals surface area contributed by atoms with E-state index in [1.54, 1.807) is 6.07 Å². The number of methoxy groups -OCH3 is 1. The van der Waals surface area contributed by atoms with Gasteiger partial charge in [0.05, 0.1) is 7.11 Å². The number of aromatic hydroxyl groups is 1. The van der Waals surface area contributed by atoms with E-state index in [0.29, 0.717) is 31.4 Å². The normalized spacial score (nSPS) is 26.4. The van der Waals surface area contributed by atoms with Gasteiger partial charge in [0.15, 0.2) is 11.5 Å². The van der Waals surface area contributed by atoms with E-state index in [9.17, 15) is 19.5 Å². The standard InChI is InChI=1S/C37H56N2O7/c1-4-5-6-12-29(45-26(2)40)23-32(35(18-20-38-21-19-35)24-27-13-14-30(41)31(22-27)44-3)46-34(43)37-17-8-7-11-28(37)25-36(33(42)39-37)15-9-10-16-36/h13-14,22,28-29,32,38,41H,4-12,15-21,23-25H2,1-3H3,(H,39,42)/t28-,29+,32+,37+/m0/s1. The first-order valence-corrected chi connectivity index (χ1v) is 17.9. The Morgan fingerprint density at radius 3 is 2.46 bits per heavy atom. The fourth-order valence-corrected chi connectivity index (χ4v) is 9.14. The first kappa shape index (κ1) is 34.5. The molecule has 1 aromatic rings. The monoisotopic (exact) mass is 640 g/mol. The molecule has 5 rings (SSSR count). The predicted molar refractivity (Wildman–Crippen MR) is 175 cm³/mol. The predicted octanol–water partition coefficient (Wildman–Crippen LogP) is 6.14. The largest absolute Gasteiger partial charge is 0.504 e. The van der Waals surface area contributed by atoms with Crippen LogP contribution in [0.3, 0.4) is 0 Å². The van der Waals surface area contributed by atoms with Gasteiger partial charge in [-0.25, -0.2) is 4.79 Å². The number of esters is 2. The Hall–Kier alpha value is -2.81. The number of carbonyl (C=O) groups is 3. The smallest absolute Gasteiger partial charge is 0.332 e. The van der Waals surface area contributed by atoms with Crippen LogP contribution in [0.4, 0.5) is 0 Å². The minimum atomic E-state index is -1.02. The van der Waals surface area contributed by atoms with Crippen molar-refractivity contribution in [3.8, 4) is 11.5 Å². The maximum absolute atomic E-state index is 14.7. The van der Waals surface area contributed by atoms with Crippen LogP contribution in [0.25, 0.3) is 0 Å². The highest BCUT2D eigenvalue weighted by atomic mass is 16.6. The Morgan fingerprint density at radius 1 is 1.02 bits per heavy atom. The Balaban J connectivity index is 1.49. The Kier molecular flexibility index (Phi) is 11.2. The molecule has 4 atom stereocenters. The van der Waals surface area contributed by atoms with Gasteiger partial charge in [-0.05, 0) is 101 Å². The number of ether oxygens (including phenoxy) is 3. The second-order valence-electron chi connectivity index (χ2n) is 14.7. The summed E-state index contributed by atoms with van der Waals surface area (Å²) >= 11 is 0. The van der Waals surface area contributed by atoms with Gasteiger partial charge in [0.1, 0.15) is 17.7 Å². The number of unbranched alkanes of at least 4 members (excludes halogenated alkanes) is 2. The summed E-state index contributed by atoms with van der Waals surface area (Å²) in [5.41, 5.74) is -0.830. The second kappa shape index (κ2) is 15.0. The highest BCUT2D eigenvalue weighted by molar-refractivity contribution is 5.93. The molecule has 4 fully saturated rings. The van der Waals surface area contributed by atoms with Crippen molar-refractivity contribution in [2.75, 3.05) is 20.2 Å². The molecular weight excluding hydrogens is 584 g/mol. The van der Waals surface area contributed by atoms with E-state index in [-0.39, 0.29) is 41.0 Å². The molecule has 46 heavy (non-hydrogen) atoms. The summed E-state index contributed by atoms with van der Waals surface area (Å²) in [7, 11) is 1.54. The summed E-state index contributed by atoms with van der Waals surface area (Å²) in [6, 6.07) is 5.42. The van der Waals surface area contributed by atoms with Gasteiger partial charge in [-0.15, -0.1) is 0 Å². The molecule has 4 aliphatic rings. The molecule has 2 aliphatic heterocycles. The molecule has 0 bridgehead atoms. The Labute approximate surface area is 274 Å². The lowest BCUT2D eigenvalue weighted by Gasteiger charge is -2.52. The van der Waals surface area contributed by atoms with Crippen LogP contribution in [-0.4, -0.2) is 60.9 Å². The SMILES string of the molecule is CCCCC[C@H](C[C@@H](OC(=O)[C@@]12CCCC[C@H]1CC1(CCCC1)C(=O)N2)C1(Cc2ccc(O)c(OC)c2)CCNCC1)OC(C)=O. The molecule has 0 radical (unpaired) electrons. The Bertz CT molecular complexity index is 1220. The molecule has 0 aromatic heterocycles. The summed E-state index contributed by atoms with van der Waals surface area (Å²) in [6.07, 6.45) is 13.5. The zero-order chi connectivity index (χ0) is 32.8. The van der Waals surface area contributed by atoms with E-state index in [1.807, 2.05) is 12.1 Å². The van der Waals surface area contributed by atoms with E-state index >= 15 is 0 Å². The van der Waals surface area contributed by atoms with Crippen molar-refractivity contribution in [2.24, 2.45) is 16.7 Å². The summed E-state index contributed by atoms with van der Waals surface area (Å²) < 4.78 is 18.2. The van der Waals surface area contributed by atoms with Gasteiger partial charge >= 0.3 is 11.9 Å². The lowest BCUT2D eigenvalue weighted by Crippen LogP contribution is -2.68. The van der Waals surface area contributed by atoms with Crippen LogP contribution >= 0.6 is 0 Å². The quantitative estimate of drug-likeness (QED) is 0.174. The molecule has 2 saturated heterocycles. The highest BCUT2D eigenvalue weighted by Crippen LogP contribution is 2.53. The van der Waals surface area contributed by atoms with Crippen molar-refractivity contribution in [3.05, 3.63) is 23.8 Å². The van der Waals surface area contributed by atoms with Crippen LogP contribution in [0.5, 0.6) is 11.5 Å². The highest BCUT2D eigenvalue weighted by Gasteiger charge is 2.60. The van der Waals surface area contributed by atoms with E-state index in [2.05, 4.69) is 17.6 Å². The third-order valence-electron chi connectivity index (χ3n) is 11.7. The lowest BCUT2D eigenvalue weighted by molar-refractivity contribution is -0.181. The average Bonchev–Trinajstić information content (AvgIpc) is 3.51. The van der Waals surface area contributed by atoms with Crippen molar-refractivity contribution in [1.29, 1.82) is 0 Å².